The summed E-state index contributed by atoms with van der Waals surface area (Å²) in [5, 5.41) is 10.8. The number of rotatable bonds is 3. The number of carbonyl (C=O) groups is 2. The summed E-state index contributed by atoms with van der Waals surface area (Å²) in [5.74, 6) is -1.67. The molecule has 2 aliphatic heterocycles. The van der Waals surface area contributed by atoms with Gasteiger partial charge in [-0.2, -0.15) is 0 Å². The number of allylic oxidation sites excluding steroid dienone is 1. The Morgan fingerprint density at radius 1 is 1.74 bits per heavy atom. The maximum atomic E-state index is 12.5. The molecule has 6 heteroatoms. The van der Waals surface area contributed by atoms with Crippen molar-refractivity contribution >= 4 is 11.9 Å². The van der Waals surface area contributed by atoms with E-state index in [1.54, 1.807) is 13.0 Å². The average molecular weight is 269 g/mol. The highest BCUT2D eigenvalue weighted by Gasteiger charge is 2.73. The quantitative estimate of drug-likeness (QED) is 0.579. The first-order valence-corrected chi connectivity index (χ1v) is 6.21. The van der Waals surface area contributed by atoms with E-state index in [1.165, 1.54) is 18.9 Å². The SMILES string of the molecule is C=CC[C@H]1C(=O)N2[C@H](C)OC[C@@]2(C(=O)OC)[C@@]1(C)O. The maximum absolute atomic E-state index is 12.5. The summed E-state index contributed by atoms with van der Waals surface area (Å²) in [5.41, 5.74) is -3.03. The lowest BCUT2D eigenvalue weighted by Crippen LogP contribution is -2.63. The molecule has 2 saturated heterocycles. The van der Waals surface area contributed by atoms with Crippen LogP contribution in [0.3, 0.4) is 0 Å². The molecule has 4 atom stereocenters. The van der Waals surface area contributed by atoms with Gasteiger partial charge in [0.2, 0.25) is 5.91 Å². The molecular formula is C13H19NO5. The van der Waals surface area contributed by atoms with Crippen molar-refractivity contribution in [2.24, 2.45) is 5.92 Å². The molecule has 0 spiro atoms. The van der Waals surface area contributed by atoms with Crippen molar-refractivity contribution in [2.45, 2.75) is 37.6 Å². The van der Waals surface area contributed by atoms with E-state index < -0.39 is 29.3 Å². The minimum absolute atomic E-state index is 0.0623. The summed E-state index contributed by atoms with van der Waals surface area (Å²) >= 11 is 0. The number of carbonyl (C=O) groups excluding carboxylic acids is 2. The average Bonchev–Trinajstić information content (AvgIpc) is 2.79. The standard InChI is InChI=1S/C13H19NO5/c1-5-6-9-10(15)14-8(2)19-7-13(14,11(16)18-4)12(9,3)17/h5,8-9,17H,1,6-7H2,2-4H3/t8-,9-,12-,13+/m0/s1. The summed E-state index contributed by atoms with van der Waals surface area (Å²) in [7, 11) is 1.24. The fraction of sp³-hybridized carbons (Fsp3) is 0.692. The molecule has 1 amide bonds. The zero-order valence-electron chi connectivity index (χ0n) is 11.4. The molecule has 2 heterocycles. The monoisotopic (exact) mass is 269 g/mol. The Morgan fingerprint density at radius 3 is 2.89 bits per heavy atom. The number of hydrogen-bond acceptors (Lipinski definition) is 5. The molecule has 2 fully saturated rings. The van der Waals surface area contributed by atoms with Crippen LogP contribution in [-0.4, -0.2) is 53.0 Å². The van der Waals surface area contributed by atoms with Gasteiger partial charge < -0.3 is 14.6 Å². The number of aliphatic hydroxyl groups is 1. The van der Waals surface area contributed by atoms with Gasteiger partial charge in [0.25, 0.3) is 0 Å². The van der Waals surface area contributed by atoms with Crippen LogP contribution in [0.15, 0.2) is 12.7 Å². The van der Waals surface area contributed by atoms with Gasteiger partial charge in [-0.15, -0.1) is 6.58 Å². The Labute approximate surface area is 112 Å². The molecule has 1 N–H and O–H groups in total. The van der Waals surface area contributed by atoms with Crippen molar-refractivity contribution < 1.29 is 24.2 Å². The third-order valence-corrected chi connectivity index (χ3v) is 4.29. The molecule has 0 radical (unpaired) electrons. The van der Waals surface area contributed by atoms with E-state index in [0.717, 1.165) is 0 Å². The van der Waals surface area contributed by atoms with Crippen LogP contribution in [0.25, 0.3) is 0 Å². The highest BCUT2D eigenvalue weighted by atomic mass is 16.6. The Balaban J connectivity index is 2.56. The number of esters is 1. The normalized spacial score (nSPS) is 41.3. The second-order valence-corrected chi connectivity index (χ2v) is 5.19. The number of amides is 1. The van der Waals surface area contributed by atoms with E-state index in [0.29, 0.717) is 6.42 Å². The van der Waals surface area contributed by atoms with Crippen LogP contribution in [0.2, 0.25) is 0 Å². The van der Waals surface area contributed by atoms with Gasteiger partial charge in [0.05, 0.1) is 19.6 Å². The van der Waals surface area contributed by atoms with Gasteiger partial charge in [-0.1, -0.05) is 6.08 Å². The molecule has 0 aromatic rings. The van der Waals surface area contributed by atoms with Crippen molar-refractivity contribution in [3.05, 3.63) is 12.7 Å². The van der Waals surface area contributed by atoms with Gasteiger partial charge in [-0.3, -0.25) is 9.69 Å². The Hall–Kier alpha value is -1.40. The van der Waals surface area contributed by atoms with Crippen LogP contribution in [0.5, 0.6) is 0 Å². The molecule has 0 aromatic carbocycles. The van der Waals surface area contributed by atoms with E-state index in [-0.39, 0.29) is 12.5 Å². The third kappa shape index (κ3) is 1.50. The van der Waals surface area contributed by atoms with Gasteiger partial charge in [0.1, 0.15) is 11.8 Å². The highest BCUT2D eigenvalue weighted by molar-refractivity contribution is 5.96. The number of methoxy groups -OCH3 is 1. The predicted octanol–water partition coefficient (Wildman–Crippen LogP) is 0.0599. The number of ether oxygens (including phenoxy) is 2. The summed E-state index contributed by atoms with van der Waals surface area (Å²) < 4.78 is 10.2. The summed E-state index contributed by atoms with van der Waals surface area (Å²) in [6.07, 6.45) is 1.30. The molecule has 0 aliphatic carbocycles. The van der Waals surface area contributed by atoms with Gasteiger partial charge in [-0.05, 0) is 20.3 Å². The lowest BCUT2D eigenvalue weighted by Gasteiger charge is -2.37. The van der Waals surface area contributed by atoms with Gasteiger partial charge in [0.15, 0.2) is 5.54 Å². The Kier molecular flexibility index (Phi) is 3.18. The molecule has 6 nitrogen and oxygen atoms in total. The van der Waals surface area contributed by atoms with Gasteiger partial charge in [-0.25, -0.2) is 4.79 Å². The Morgan fingerprint density at radius 2 is 2.37 bits per heavy atom. The number of hydrogen-bond donors (Lipinski definition) is 1. The van der Waals surface area contributed by atoms with E-state index >= 15 is 0 Å². The fourth-order valence-electron chi connectivity index (χ4n) is 3.18. The van der Waals surface area contributed by atoms with Crippen LogP contribution in [0.1, 0.15) is 20.3 Å². The van der Waals surface area contributed by atoms with Crippen molar-refractivity contribution in [2.75, 3.05) is 13.7 Å². The zero-order chi connectivity index (χ0) is 14.4. The van der Waals surface area contributed by atoms with Gasteiger partial charge in [0, 0.05) is 0 Å². The van der Waals surface area contributed by atoms with E-state index in [4.69, 9.17) is 9.47 Å². The second kappa shape index (κ2) is 4.31. The molecule has 0 unspecified atom stereocenters. The highest BCUT2D eigenvalue weighted by Crippen LogP contribution is 2.49. The zero-order valence-corrected chi connectivity index (χ0v) is 11.4. The van der Waals surface area contributed by atoms with Crippen molar-refractivity contribution in [3.8, 4) is 0 Å². The molecule has 0 saturated carbocycles. The lowest BCUT2D eigenvalue weighted by atomic mass is 9.75. The van der Waals surface area contributed by atoms with Crippen LogP contribution < -0.4 is 0 Å². The van der Waals surface area contributed by atoms with Crippen molar-refractivity contribution in [1.82, 2.24) is 4.90 Å². The number of nitrogens with zero attached hydrogens (tertiary/aromatic N) is 1. The van der Waals surface area contributed by atoms with E-state index in [2.05, 4.69) is 6.58 Å². The molecule has 2 rings (SSSR count). The third-order valence-electron chi connectivity index (χ3n) is 4.29. The number of fused-ring (bicyclic) bond motifs is 1. The molecule has 19 heavy (non-hydrogen) atoms. The molecule has 2 aliphatic rings. The molecular weight excluding hydrogens is 250 g/mol. The lowest BCUT2D eigenvalue weighted by molar-refractivity contribution is -0.166. The topological polar surface area (TPSA) is 76.1 Å². The van der Waals surface area contributed by atoms with Crippen LogP contribution in [0, 0.1) is 5.92 Å². The van der Waals surface area contributed by atoms with E-state index in [1.807, 2.05) is 0 Å². The van der Waals surface area contributed by atoms with Crippen LogP contribution >= 0.6 is 0 Å². The summed E-state index contributed by atoms with van der Waals surface area (Å²) in [4.78, 5) is 26.0. The van der Waals surface area contributed by atoms with Crippen LogP contribution in [0.4, 0.5) is 0 Å². The summed E-state index contributed by atoms with van der Waals surface area (Å²) in [6, 6.07) is 0. The van der Waals surface area contributed by atoms with E-state index in [9.17, 15) is 14.7 Å². The minimum atomic E-state index is -1.56. The first kappa shape index (κ1) is 14.0. The molecule has 0 aromatic heterocycles. The Bertz CT molecular complexity index is 433. The fourth-order valence-corrected chi connectivity index (χ4v) is 3.18. The minimum Gasteiger partial charge on any atom is -0.467 e. The smallest absolute Gasteiger partial charge is 0.337 e. The van der Waals surface area contributed by atoms with Crippen LogP contribution in [-0.2, 0) is 19.1 Å². The second-order valence-electron chi connectivity index (χ2n) is 5.19. The molecule has 106 valence electrons. The predicted molar refractivity (Wildman–Crippen MR) is 65.9 cm³/mol. The maximum Gasteiger partial charge on any atom is 0.337 e. The first-order chi connectivity index (χ1) is 8.84. The summed E-state index contributed by atoms with van der Waals surface area (Å²) in [6.45, 7) is 6.69. The van der Waals surface area contributed by atoms with Gasteiger partial charge >= 0.3 is 5.97 Å². The largest absolute Gasteiger partial charge is 0.467 e. The van der Waals surface area contributed by atoms with Crippen molar-refractivity contribution in [3.63, 3.8) is 0 Å². The van der Waals surface area contributed by atoms with Crippen molar-refractivity contribution in [1.29, 1.82) is 0 Å². The molecule has 0 bridgehead atoms. The first-order valence-electron chi connectivity index (χ1n) is 6.21.